The number of carbonyl (C=O) groups is 1. The monoisotopic (exact) mass is 300 g/mol. The average Bonchev–Trinajstić information content (AvgIpc) is 3.02. The largest absolute Gasteiger partial charge is 0.375 e. The van der Waals surface area contributed by atoms with Gasteiger partial charge in [0.15, 0.2) is 0 Å². The fraction of sp³-hybridized carbons (Fsp3) is 0.375. The third-order valence-electron chi connectivity index (χ3n) is 3.62. The number of ether oxygens (including phenoxy) is 1. The van der Waals surface area contributed by atoms with Gasteiger partial charge in [0.25, 0.3) is 0 Å². The van der Waals surface area contributed by atoms with E-state index in [4.69, 9.17) is 4.74 Å². The zero-order chi connectivity index (χ0) is 15.4. The number of rotatable bonds is 4. The van der Waals surface area contributed by atoms with Crippen molar-refractivity contribution in [1.82, 2.24) is 14.7 Å². The molecule has 1 N–H and O–H groups in total. The van der Waals surface area contributed by atoms with Crippen molar-refractivity contribution in [3.05, 3.63) is 42.6 Å². The summed E-state index contributed by atoms with van der Waals surface area (Å²) < 4.78 is 7.22. The van der Waals surface area contributed by atoms with Crippen LogP contribution in [-0.2, 0) is 9.53 Å². The van der Waals surface area contributed by atoms with E-state index in [9.17, 15) is 4.79 Å². The number of morpholine rings is 1. The highest BCUT2D eigenvalue weighted by molar-refractivity contribution is 5.80. The Bertz CT molecular complexity index is 626. The molecule has 1 atom stereocenters. The molecule has 0 unspecified atom stereocenters. The highest BCUT2D eigenvalue weighted by atomic mass is 16.5. The van der Waals surface area contributed by atoms with Gasteiger partial charge in [0.05, 0.1) is 24.9 Å². The molecule has 1 amide bonds. The molecule has 1 fully saturated rings. The van der Waals surface area contributed by atoms with E-state index in [-0.39, 0.29) is 18.6 Å². The van der Waals surface area contributed by atoms with E-state index in [0.717, 1.165) is 5.69 Å². The molecule has 3 rings (SSSR count). The minimum atomic E-state index is 0.0735. The third kappa shape index (κ3) is 3.46. The summed E-state index contributed by atoms with van der Waals surface area (Å²) in [5.74, 6) is 0.767. The number of amides is 1. The van der Waals surface area contributed by atoms with Gasteiger partial charge in [-0.05, 0) is 19.1 Å². The van der Waals surface area contributed by atoms with Crippen LogP contribution in [-0.4, -0.2) is 52.9 Å². The molecule has 116 valence electrons. The van der Waals surface area contributed by atoms with Gasteiger partial charge in [0, 0.05) is 25.4 Å². The first-order chi connectivity index (χ1) is 10.7. The van der Waals surface area contributed by atoms with Gasteiger partial charge in [0.1, 0.15) is 5.82 Å². The first-order valence-electron chi connectivity index (χ1n) is 7.47. The second-order valence-corrected chi connectivity index (χ2v) is 5.36. The lowest BCUT2D eigenvalue weighted by molar-refractivity contribution is -0.136. The van der Waals surface area contributed by atoms with Crippen LogP contribution in [0.15, 0.2) is 42.6 Å². The molecule has 2 aromatic rings. The number of para-hydroxylation sites is 1. The van der Waals surface area contributed by atoms with Crippen molar-refractivity contribution in [3.63, 3.8) is 0 Å². The summed E-state index contributed by atoms with van der Waals surface area (Å²) >= 11 is 0. The molecule has 2 heterocycles. The summed E-state index contributed by atoms with van der Waals surface area (Å²) in [6.45, 7) is 4.14. The maximum atomic E-state index is 12.2. The Morgan fingerprint density at radius 2 is 2.18 bits per heavy atom. The fourth-order valence-electron chi connectivity index (χ4n) is 2.47. The molecule has 1 aromatic carbocycles. The second kappa shape index (κ2) is 6.62. The number of aromatic nitrogens is 2. The van der Waals surface area contributed by atoms with Crippen LogP contribution in [0.25, 0.3) is 5.69 Å². The SMILES string of the molecule is C[C@@H]1CN(C(=O)CNc2ccn(-c3ccccc3)n2)CCO1. The number of nitrogens with zero attached hydrogens (tertiary/aromatic N) is 3. The van der Waals surface area contributed by atoms with E-state index in [1.54, 1.807) is 4.68 Å². The van der Waals surface area contributed by atoms with Gasteiger partial charge < -0.3 is 15.0 Å². The van der Waals surface area contributed by atoms with E-state index < -0.39 is 0 Å². The molecule has 0 bridgehead atoms. The van der Waals surface area contributed by atoms with Crippen molar-refractivity contribution in [1.29, 1.82) is 0 Å². The predicted octanol–water partition coefficient (Wildman–Crippen LogP) is 1.53. The average molecular weight is 300 g/mol. The van der Waals surface area contributed by atoms with Crippen molar-refractivity contribution < 1.29 is 9.53 Å². The van der Waals surface area contributed by atoms with E-state index in [2.05, 4.69) is 10.4 Å². The number of hydrogen-bond acceptors (Lipinski definition) is 4. The Morgan fingerprint density at radius 1 is 1.36 bits per heavy atom. The maximum absolute atomic E-state index is 12.2. The highest BCUT2D eigenvalue weighted by Crippen LogP contribution is 2.10. The molecule has 22 heavy (non-hydrogen) atoms. The molecular weight excluding hydrogens is 280 g/mol. The summed E-state index contributed by atoms with van der Waals surface area (Å²) in [6, 6.07) is 11.7. The number of nitrogens with one attached hydrogen (secondary N) is 1. The van der Waals surface area contributed by atoms with Gasteiger partial charge in [-0.3, -0.25) is 4.79 Å². The summed E-state index contributed by atoms with van der Waals surface area (Å²) in [5, 5.41) is 7.51. The molecule has 1 aromatic heterocycles. The van der Waals surface area contributed by atoms with Crippen LogP contribution in [0.2, 0.25) is 0 Å². The smallest absolute Gasteiger partial charge is 0.242 e. The standard InChI is InChI=1S/C16H20N4O2/c1-13-12-19(9-10-22-13)16(21)11-17-15-7-8-20(18-15)14-5-3-2-4-6-14/h2-8,13H,9-12H2,1H3,(H,17,18)/t13-/m1/s1. The molecular formula is C16H20N4O2. The van der Waals surface area contributed by atoms with Crippen molar-refractivity contribution in [2.45, 2.75) is 13.0 Å². The molecule has 1 saturated heterocycles. The number of anilines is 1. The first-order valence-corrected chi connectivity index (χ1v) is 7.47. The normalized spacial score (nSPS) is 18.2. The Labute approximate surface area is 129 Å². The van der Waals surface area contributed by atoms with Crippen LogP contribution in [0.1, 0.15) is 6.92 Å². The van der Waals surface area contributed by atoms with Gasteiger partial charge in [-0.15, -0.1) is 0 Å². The van der Waals surface area contributed by atoms with Crippen LogP contribution in [0, 0.1) is 0 Å². The molecule has 0 spiro atoms. The number of hydrogen-bond donors (Lipinski definition) is 1. The minimum Gasteiger partial charge on any atom is -0.375 e. The Kier molecular flexibility index (Phi) is 4.39. The second-order valence-electron chi connectivity index (χ2n) is 5.36. The van der Waals surface area contributed by atoms with Crippen molar-refractivity contribution in [3.8, 4) is 5.69 Å². The Hall–Kier alpha value is -2.34. The van der Waals surface area contributed by atoms with E-state index in [0.29, 0.717) is 25.5 Å². The van der Waals surface area contributed by atoms with Crippen LogP contribution >= 0.6 is 0 Å². The minimum absolute atomic E-state index is 0.0735. The predicted molar refractivity (Wildman–Crippen MR) is 84.0 cm³/mol. The first kappa shape index (κ1) is 14.6. The summed E-state index contributed by atoms with van der Waals surface area (Å²) in [7, 11) is 0. The quantitative estimate of drug-likeness (QED) is 0.930. The summed E-state index contributed by atoms with van der Waals surface area (Å²) in [6.07, 6.45) is 1.98. The van der Waals surface area contributed by atoms with Gasteiger partial charge in [-0.25, -0.2) is 4.68 Å². The molecule has 1 aliphatic heterocycles. The van der Waals surface area contributed by atoms with Crippen molar-refractivity contribution in [2.24, 2.45) is 0 Å². The van der Waals surface area contributed by atoms with Gasteiger partial charge in [-0.1, -0.05) is 18.2 Å². The molecule has 0 saturated carbocycles. The van der Waals surface area contributed by atoms with Crippen LogP contribution in [0.5, 0.6) is 0 Å². The van der Waals surface area contributed by atoms with E-state index >= 15 is 0 Å². The van der Waals surface area contributed by atoms with Crippen molar-refractivity contribution in [2.75, 3.05) is 31.6 Å². The van der Waals surface area contributed by atoms with Gasteiger partial charge in [0.2, 0.25) is 5.91 Å². The van der Waals surface area contributed by atoms with Crippen LogP contribution in [0.4, 0.5) is 5.82 Å². The highest BCUT2D eigenvalue weighted by Gasteiger charge is 2.21. The van der Waals surface area contributed by atoms with E-state index in [1.807, 2.05) is 54.4 Å². The fourth-order valence-corrected chi connectivity index (χ4v) is 2.47. The molecule has 0 aliphatic carbocycles. The summed E-state index contributed by atoms with van der Waals surface area (Å²) in [5.41, 5.74) is 0.990. The lowest BCUT2D eigenvalue weighted by atomic mass is 10.3. The van der Waals surface area contributed by atoms with Gasteiger partial charge in [-0.2, -0.15) is 5.10 Å². The number of benzene rings is 1. The molecule has 0 radical (unpaired) electrons. The van der Waals surface area contributed by atoms with Gasteiger partial charge >= 0.3 is 0 Å². The third-order valence-corrected chi connectivity index (χ3v) is 3.62. The summed E-state index contributed by atoms with van der Waals surface area (Å²) in [4.78, 5) is 14.0. The number of carbonyl (C=O) groups excluding carboxylic acids is 1. The zero-order valence-corrected chi connectivity index (χ0v) is 12.6. The van der Waals surface area contributed by atoms with Crippen LogP contribution in [0.3, 0.4) is 0 Å². The Balaban J connectivity index is 1.56. The Morgan fingerprint density at radius 3 is 2.95 bits per heavy atom. The van der Waals surface area contributed by atoms with Crippen LogP contribution < -0.4 is 5.32 Å². The lowest BCUT2D eigenvalue weighted by Crippen LogP contribution is -2.46. The maximum Gasteiger partial charge on any atom is 0.242 e. The topological polar surface area (TPSA) is 59.4 Å². The molecule has 6 nitrogen and oxygen atoms in total. The van der Waals surface area contributed by atoms with E-state index in [1.165, 1.54) is 0 Å². The zero-order valence-electron chi connectivity index (χ0n) is 12.6. The lowest BCUT2D eigenvalue weighted by Gasteiger charge is -2.31. The molecule has 1 aliphatic rings. The molecule has 6 heteroatoms. The van der Waals surface area contributed by atoms with Crippen molar-refractivity contribution >= 4 is 11.7 Å².